The van der Waals surface area contributed by atoms with Crippen molar-refractivity contribution in [2.75, 3.05) is 0 Å². The van der Waals surface area contributed by atoms with Crippen LogP contribution in [-0.2, 0) is 5.54 Å². The van der Waals surface area contributed by atoms with Gasteiger partial charge in [-0.1, -0.05) is 60.7 Å². The zero-order valence-corrected chi connectivity index (χ0v) is 12.6. The molecule has 0 spiro atoms. The van der Waals surface area contributed by atoms with Crippen molar-refractivity contribution >= 4 is 5.84 Å². The molecule has 1 aliphatic heterocycles. The molecule has 2 aromatic rings. The van der Waals surface area contributed by atoms with E-state index in [0.29, 0.717) is 5.84 Å². The minimum atomic E-state index is -0.709. The van der Waals surface area contributed by atoms with Crippen molar-refractivity contribution in [3.63, 3.8) is 0 Å². The molecule has 0 aromatic heterocycles. The van der Waals surface area contributed by atoms with Crippen LogP contribution in [0.2, 0.25) is 0 Å². The molecule has 1 aliphatic rings. The van der Waals surface area contributed by atoms with Gasteiger partial charge in [0.2, 0.25) is 0 Å². The van der Waals surface area contributed by atoms with Crippen LogP contribution < -0.4 is 0 Å². The van der Waals surface area contributed by atoms with E-state index in [1.165, 1.54) is 5.06 Å². The first-order valence-corrected chi connectivity index (χ1v) is 7.17. The molecule has 0 radical (unpaired) electrons. The van der Waals surface area contributed by atoms with Gasteiger partial charge in [0.15, 0.2) is 0 Å². The molecule has 3 heteroatoms. The largest absolute Gasteiger partial charge is 0.286 e. The molecule has 108 valence electrons. The maximum atomic E-state index is 10.9. The van der Waals surface area contributed by atoms with Crippen molar-refractivity contribution in [1.29, 1.82) is 0 Å². The van der Waals surface area contributed by atoms with Crippen molar-refractivity contribution in [1.82, 2.24) is 5.06 Å². The fourth-order valence-corrected chi connectivity index (χ4v) is 3.51. The highest BCUT2D eigenvalue weighted by atomic mass is 16.5. The fraction of sp³-hybridized carbons (Fsp3) is 0.278. The SMILES string of the molecule is CC1=NC(C)(C)C(c2ccccc2)(c2ccccc2)N1O. The van der Waals surface area contributed by atoms with Gasteiger partial charge in [0.25, 0.3) is 0 Å². The van der Waals surface area contributed by atoms with Gasteiger partial charge in [-0.3, -0.25) is 10.2 Å². The summed E-state index contributed by atoms with van der Waals surface area (Å²) in [5.74, 6) is 0.632. The number of aliphatic imine (C=N–C) groups is 1. The Hall–Kier alpha value is -2.13. The quantitative estimate of drug-likeness (QED) is 0.907. The van der Waals surface area contributed by atoms with Gasteiger partial charge in [-0.15, -0.1) is 0 Å². The first-order valence-electron chi connectivity index (χ1n) is 7.17. The second kappa shape index (κ2) is 4.71. The summed E-state index contributed by atoms with van der Waals surface area (Å²) in [7, 11) is 0. The molecule has 0 atom stereocenters. The predicted octanol–water partition coefficient (Wildman–Crippen LogP) is 3.83. The molecule has 0 saturated heterocycles. The highest BCUT2D eigenvalue weighted by molar-refractivity contribution is 5.84. The second-order valence-electron chi connectivity index (χ2n) is 5.97. The smallest absolute Gasteiger partial charge is 0.143 e. The Kier molecular flexibility index (Phi) is 3.10. The topological polar surface area (TPSA) is 35.8 Å². The van der Waals surface area contributed by atoms with Crippen molar-refractivity contribution in [3.05, 3.63) is 71.8 Å². The van der Waals surface area contributed by atoms with Crippen molar-refractivity contribution in [3.8, 4) is 0 Å². The van der Waals surface area contributed by atoms with Crippen LogP contribution >= 0.6 is 0 Å². The summed E-state index contributed by atoms with van der Waals surface area (Å²) in [6, 6.07) is 20.2. The van der Waals surface area contributed by atoms with Gasteiger partial charge in [0.05, 0.1) is 5.54 Å². The standard InChI is InChI=1S/C18H20N2O/c1-14-19-17(2,3)18(20(14)21,15-10-6-4-7-11-15)16-12-8-5-9-13-16/h4-13,21H,1-3H3. The average Bonchev–Trinajstić information content (AvgIpc) is 2.67. The van der Waals surface area contributed by atoms with Gasteiger partial charge in [-0.2, -0.15) is 0 Å². The third-order valence-electron chi connectivity index (χ3n) is 4.33. The van der Waals surface area contributed by atoms with Gasteiger partial charge < -0.3 is 0 Å². The minimum absolute atomic E-state index is 0.478. The molecule has 0 aliphatic carbocycles. The van der Waals surface area contributed by atoms with E-state index in [-0.39, 0.29) is 0 Å². The first-order chi connectivity index (χ1) is 10.00. The van der Waals surface area contributed by atoms with Gasteiger partial charge in [0, 0.05) is 0 Å². The summed E-state index contributed by atoms with van der Waals surface area (Å²) in [6.07, 6.45) is 0. The molecule has 2 aromatic carbocycles. The maximum absolute atomic E-state index is 10.9. The lowest BCUT2D eigenvalue weighted by molar-refractivity contribution is -0.102. The van der Waals surface area contributed by atoms with Gasteiger partial charge in [-0.25, -0.2) is 5.06 Å². The number of hydrogen-bond acceptors (Lipinski definition) is 3. The van der Waals surface area contributed by atoms with Crippen LogP contribution in [0.4, 0.5) is 0 Å². The van der Waals surface area contributed by atoms with Crippen LogP contribution in [0.1, 0.15) is 31.9 Å². The number of hydrogen-bond donors (Lipinski definition) is 1. The summed E-state index contributed by atoms with van der Waals surface area (Å²) < 4.78 is 0. The number of amidine groups is 1. The number of nitrogens with zero attached hydrogens (tertiary/aromatic N) is 2. The molecule has 3 nitrogen and oxygen atoms in total. The van der Waals surface area contributed by atoms with Crippen LogP contribution in [0.3, 0.4) is 0 Å². The van der Waals surface area contributed by atoms with E-state index in [1.54, 1.807) is 0 Å². The lowest BCUT2D eigenvalue weighted by Gasteiger charge is -2.44. The Balaban J connectivity index is 2.33. The van der Waals surface area contributed by atoms with E-state index in [2.05, 4.69) is 13.8 Å². The Morgan fingerprint density at radius 1 is 0.857 bits per heavy atom. The summed E-state index contributed by atoms with van der Waals surface area (Å²) in [4.78, 5) is 4.70. The van der Waals surface area contributed by atoms with E-state index in [0.717, 1.165) is 11.1 Å². The summed E-state index contributed by atoms with van der Waals surface area (Å²) in [6.45, 7) is 5.97. The summed E-state index contributed by atoms with van der Waals surface area (Å²) in [5.41, 5.74) is 0.877. The third-order valence-corrected chi connectivity index (χ3v) is 4.33. The molecule has 0 amide bonds. The monoisotopic (exact) mass is 280 g/mol. The zero-order chi connectivity index (χ0) is 15.1. The molecule has 1 N–H and O–H groups in total. The molecule has 21 heavy (non-hydrogen) atoms. The van der Waals surface area contributed by atoms with Gasteiger partial charge >= 0.3 is 0 Å². The fourth-order valence-electron chi connectivity index (χ4n) is 3.51. The van der Waals surface area contributed by atoms with Crippen LogP contribution in [-0.4, -0.2) is 21.6 Å². The third kappa shape index (κ3) is 1.81. The van der Waals surface area contributed by atoms with Crippen molar-refractivity contribution in [2.24, 2.45) is 4.99 Å². The highest BCUT2D eigenvalue weighted by Gasteiger charge is 2.57. The van der Waals surface area contributed by atoms with E-state index < -0.39 is 11.1 Å². The average molecular weight is 280 g/mol. The van der Waals surface area contributed by atoms with Crippen LogP contribution in [0.15, 0.2) is 65.7 Å². The summed E-state index contributed by atoms with van der Waals surface area (Å²) >= 11 is 0. The van der Waals surface area contributed by atoms with Crippen LogP contribution in [0.5, 0.6) is 0 Å². The lowest BCUT2D eigenvalue weighted by Crippen LogP contribution is -2.54. The Bertz CT molecular complexity index is 623. The number of benzene rings is 2. The Morgan fingerprint density at radius 3 is 1.62 bits per heavy atom. The number of rotatable bonds is 2. The van der Waals surface area contributed by atoms with Gasteiger partial charge in [0.1, 0.15) is 11.4 Å². The van der Waals surface area contributed by atoms with E-state index in [4.69, 9.17) is 4.99 Å². The normalized spacial score (nSPS) is 19.4. The molecule has 3 rings (SSSR count). The molecule has 0 unspecified atom stereocenters. The van der Waals surface area contributed by atoms with Crippen LogP contribution in [0, 0.1) is 0 Å². The van der Waals surface area contributed by atoms with Crippen LogP contribution in [0.25, 0.3) is 0 Å². The minimum Gasteiger partial charge on any atom is -0.286 e. The van der Waals surface area contributed by atoms with Gasteiger partial charge in [-0.05, 0) is 31.9 Å². The zero-order valence-electron chi connectivity index (χ0n) is 12.6. The molecule has 0 bridgehead atoms. The predicted molar refractivity (Wildman–Crippen MR) is 84.5 cm³/mol. The highest BCUT2D eigenvalue weighted by Crippen LogP contribution is 2.49. The number of hydroxylamine groups is 2. The lowest BCUT2D eigenvalue weighted by atomic mass is 9.70. The molecule has 0 fully saturated rings. The van der Waals surface area contributed by atoms with E-state index in [9.17, 15) is 5.21 Å². The maximum Gasteiger partial charge on any atom is 0.143 e. The molecule has 0 saturated carbocycles. The second-order valence-corrected chi connectivity index (χ2v) is 5.97. The van der Waals surface area contributed by atoms with E-state index in [1.807, 2.05) is 67.6 Å². The Labute approximate surface area is 125 Å². The van der Waals surface area contributed by atoms with E-state index >= 15 is 0 Å². The first kappa shape index (κ1) is 13.8. The molecular weight excluding hydrogens is 260 g/mol. The van der Waals surface area contributed by atoms with Crippen molar-refractivity contribution in [2.45, 2.75) is 31.8 Å². The van der Waals surface area contributed by atoms with Crippen molar-refractivity contribution < 1.29 is 5.21 Å². The molecular formula is C18H20N2O. The molecule has 1 heterocycles. The summed E-state index contributed by atoms with van der Waals surface area (Å²) in [5, 5.41) is 12.2. The Morgan fingerprint density at radius 2 is 1.29 bits per heavy atom.